The normalized spacial score (nSPS) is 11.1. The summed E-state index contributed by atoms with van der Waals surface area (Å²) in [5.41, 5.74) is 2.50. The molecule has 0 atom stereocenters. The lowest BCUT2D eigenvalue weighted by atomic mass is 10.1. The predicted octanol–water partition coefficient (Wildman–Crippen LogP) is 4.80. The van der Waals surface area contributed by atoms with Crippen LogP contribution in [0.15, 0.2) is 24.4 Å². The molecule has 0 amide bonds. The number of halogens is 3. The van der Waals surface area contributed by atoms with E-state index in [1.165, 1.54) is 12.1 Å². The van der Waals surface area contributed by atoms with Gasteiger partial charge in [0.1, 0.15) is 5.82 Å². The Hall–Kier alpha value is -1.19. The largest absolute Gasteiger partial charge is 0.236 e. The Balaban J connectivity index is 2.50. The Bertz CT molecular complexity index is 600. The number of hydrogen-bond acceptors (Lipinski definition) is 2. The van der Waals surface area contributed by atoms with Crippen molar-refractivity contribution in [2.24, 2.45) is 0 Å². The molecule has 0 bridgehead atoms. The van der Waals surface area contributed by atoms with E-state index in [1.807, 2.05) is 13.8 Å². The van der Waals surface area contributed by atoms with Crippen LogP contribution in [0.1, 0.15) is 31.0 Å². The van der Waals surface area contributed by atoms with Crippen LogP contribution in [-0.2, 0) is 5.88 Å². The summed E-state index contributed by atoms with van der Waals surface area (Å²) in [5, 5.41) is 0.0635. The molecule has 0 saturated carbocycles. The highest BCUT2D eigenvalue weighted by Crippen LogP contribution is 2.25. The monoisotopic (exact) mass is 298 g/mol. The topological polar surface area (TPSA) is 25.8 Å². The van der Waals surface area contributed by atoms with Crippen LogP contribution in [0, 0.1) is 5.82 Å². The third-order valence-electron chi connectivity index (χ3n) is 2.77. The van der Waals surface area contributed by atoms with Crippen molar-refractivity contribution in [2.75, 3.05) is 0 Å². The van der Waals surface area contributed by atoms with E-state index in [2.05, 4.69) is 9.97 Å². The molecule has 100 valence electrons. The third-order valence-corrected chi connectivity index (χ3v) is 3.34. The van der Waals surface area contributed by atoms with E-state index in [9.17, 15) is 4.39 Å². The molecule has 1 heterocycles. The maximum atomic E-state index is 13.2. The molecule has 0 aliphatic carbocycles. The van der Waals surface area contributed by atoms with E-state index >= 15 is 0 Å². The Labute approximate surface area is 121 Å². The van der Waals surface area contributed by atoms with Gasteiger partial charge >= 0.3 is 0 Å². The van der Waals surface area contributed by atoms with Crippen molar-refractivity contribution in [2.45, 2.75) is 25.6 Å². The van der Waals surface area contributed by atoms with Crippen LogP contribution in [0.4, 0.5) is 4.39 Å². The summed E-state index contributed by atoms with van der Waals surface area (Å²) in [6, 6.07) is 4.45. The highest BCUT2D eigenvalue weighted by atomic mass is 35.5. The Morgan fingerprint density at radius 2 is 2.05 bits per heavy atom. The Morgan fingerprint density at radius 1 is 1.32 bits per heavy atom. The third kappa shape index (κ3) is 3.04. The molecule has 0 aliphatic rings. The van der Waals surface area contributed by atoms with Crippen molar-refractivity contribution >= 4 is 23.2 Å². The zero-order valence-corrected chi connectivity index (χ0v) is 12.1. The maximum Gasteiger partial charge on any atom is 0.159 e. The van der Waals surface area contributed by atoms with Crippen LogP contribution < -0.4 is 0 Å². The molecule has 0 N–H and O–H groups in total. The maximum absolute atomic E-state index is 13.2. The first-order chi connectivity index (χ1) is 9.02. The van der Waals surface area contributed by atoms with Gasteiger partial charge in [0.15, 0.2) is 5.82 Å². The SMILES string of the molecule is CC(C)c1nc(-c2ccc(F)c(Cl)c2)ncc1CCl. The minimum absolute atomic E-state index is 0.0635. The lowest BCUT2D eigenvalue weighted by molar-refractivity contribution is 0.628. The van der Waals surface area contributed by atoms with Gasteiger partial charge < -0.3 is 0 Å². The summed E-state index contributed by atoms with van der Waals surface area (Å²) in [6.07, 6.45) is 1.71. The van der Waals surface area contributed by atoms with Gasteiger partial charge in [0.2, 0.25) is 0 Å². The van der Waals surface area contributed by atoms with Crippen LogP contribution in [-0.4, -0.2) is 9.97 Å². The molecule has 2 nitrogen and oxygen atoms in total. The van der Waals surface area contributed by atoms with Crippen molar-refractivity contribution in [1.29, 1.82) is 0 Å². The molecule has 0 radical (unpaired) electrons. The highest BCUT2D eigenvalue weighted by Gasteiger charge is 2.12. The number of aromatic nitrogens is 2. The molecule has 0 spiro atoms. The summed E-state index contributed by atoms with van der Waals surface area (Å²) in [7, 11) is 0. The van der Waals surface area contributed by atoms with Crippen LogP contribution in [0.25, 0.3) is 11.4 Å². The summed E-state index contributed by atoms with van der Waals surface area (Å²) < 4.78 is 13.2. The van der Waals surface area contributed by atoms with Crippen molar-refractivity contribution in [1.82, 2.24) is 9.97 Å². The zero-order valence-electron chi connectivity index (χ0n) is 10.6. The Morgan fingerprint density at radius 3 is 2.63 bits per heavy atom. The Kier molecular flexibility index (Phi) is 4.38. The minimum atomic E-state index is -0.452. The van der Waals surface area contributed by atoms with E-state index < -0.39 is 5.82 Å². The van der Waals surface area contributed by atoms with Gasteiger partial charge in [-0.2, -0.15) is 0 Å². The molecule has 2 rings (SSSR count). The second kappa shape index (κ2) is 5.85. The predicted molar refractivity (Wildman–Crippen MR) is 76.1 cm³/mol. The molecule has 5 heteroatoms. The quantitative estimate of drug-likeness (QED) is 0.761. The molecule has 0 aliphatic heterocycles. The van der Waals surface area contributed by atoms with E-state index in [-0.39, 0.29) is 10.9 Å². The smallest absolute Gasteiger partial charge is 0.159 e. The minimum Gasteiger partial charge on any atom is -0.236 e. The van der Waals surface area contributed by atoms with E-state index in [0.29, 0.717) is 17.3 Å². The van der Waals surface area contributed by atoms with Crippen molar-refractivity contribution in [3.63, 3.8) is 0 Å². The molecule has 0 saturated heterocycles. The van der Waals surface area contributed by atoms with Gasteiger partial charge in [0.05, 0.1) is 16.6 Å². The zero-order chi connectivity index (χ0) is 14.0. The average Bonchev–Trinajstić information content (AvgIpc) is 2.41. The molecular formula is C14H13Cl2FN2. The van der Waals surface area contributed by atoms with Gasteiger partial charge in [-0.15, -0.1) is 11.6 Å². The number of rotatable bonds is 3. The fourth-order valence-corrected chi connectivity index (χ4v) is 2.18. The first kappa shape index (κ1) is 14.2. The van der Waals surface area contributed by atoms with Gasteiger partial charge in [-0.3, -0.25) is 0 Å². The summed E-state index contributed by atoms with van der Waals surface area (Å²) in [6.45, 7) is 4.08. The molecule has 2 aromatic rings. The van der Waals surface area contributed by atoms with Crippen molar-refractivity contribution in [3.8, 4) is 11.4 Å². The van der Waals surface area contributed by atoms with E-state index in [0.717, 1.165) is 11.3 Å². The van der Waals surface area contributed by atoms with E-state index in [1.54, 1.807) is 12.3 Å². The van der Waals surface area contributed by atoms with Gasteiger partial charge in [0.25, 0.3) is 0 Å². The first-order valence-corrected chi connectivity index (χ1v) is 6.81. The lowest BCUT2D eigenvalue weighted by Gasteiger charge is -2.11. The summed E-state index contributed by atoms with van der Waals surface area (Å²) in [5.74, 6) is 0.690. The second-order valence-electron chi connectivity index (χ2n) is 4.52. The fourth-order valence-electron chi connectivity index (χ4n) is 1.80. The first-order valence-electron chi connectivity index (χ1n) is 5.90. The van der Waals surface area contributed by atoms with Gasteiger partial charge in [-0.25, -0.2) is 14.4 Å². The average molecular weight is 299 g/mol. The summed E-state index contributed by atoms with van der Waals surface area (Å²) >= 11 is 11.6. The van der Waals surface area contributed by atoms with Gasteiger partial charge in [-0.1, -0.05) is 25.4 Å². The highest BCUT2D eigenvalue weighted by molar-refractivity contribution is 6.31. The fraction of sp³-hybridized carbons (Fsp3) is 0.286. The van der Waals surface area contributed by atoms with Crippen LogP contribution in [0.3, 0.4) is 0 Å². The summed E-state index contributed by atoms with van der Waals surface area (Å²) in [4.78, 5) is 8.76. The van der Waals surface area contributed by atoms with Crippen LogP contribution >= 0.6 is 23.2 Å². The number of nitrogens with zero attached hydrogens (tertiary/aromatic N) is 2. The van der Waals surface area contributed by atoms with E-state index in [4.69, 9.17) is 23.2 Å². The molecular weight excluding hydrogens is 286 g/mol. The van der Waals surface area contributed by atoms with Crippen LogP contribution in [0.5, 0.6) is 0 Å². The molecule has 1 aromatic heterocycles. The molecule has 19 heavy (non-hydrogen) atoms. The van der Waals surface area contributed by atoms with Crippen LogP contribution in [0.2, 0.25) is 5.02 Å². The molecule has 0 unspecified atom stereocenters. The molecule has 0 fully saturated rings. The standard InChI is InChI=1S/C14H13Cl2FN2/c1-8(2)13-10(6-15)7-18-14(19-13)9-3-4-12(17)11(16)5-9/h3-5,7-8H,6H2,1-2H3. The number of hydrogen-bond donors (Lipinski definition) is 0. The van der Waals surface area contributed by atoms with Crippen molar-refractivity contribution in [3.05, 3.63) is 46.5 Å². The van der Waals surface area contributed by atoms with Gasteiger partial charge in [0, 0.05) is 17.3 Å². The molecule has 1 aromatic carbocycles. The lowest BCUT2D eigenvalue weighted by Crippen LogP contribution is -2.02. The number of benzene rings is 1. The second-order valence-corrected chi connectivity index (χ2v) is 5.20. The van der Waals surface area contributed by atoms with Gasteiger partial charge in [-0.05, 0) is 24.1 Å². The van der Waals surface area contributed by atoms with Crippen molar-refractivity contribution < 1.29 is 4.39 Å². The number of alkyl halides is 1.